The zero-order valence-corrected chi connectivity index (χ0v) is 18.0. The molecule has 0 radical (unpaired) electrons. The van der Waals surface area contributed by atoms with Crippen molar-refractivity contribution in [3.63, 3.8) is 0 Å². The molecule has 0 aromatic carbocycles. The first-order valence-corrected chi connectivity index (χ1v) is 11.0. The lowest BCUT2D eigenvalue weighted by molar-refractivity contribution is -0.132. The topological polar surface area (TPSA) is 65.1 Å². The summed E-state index contributed by atoms with van der Waals surface area (Å²) < 4.78 is 0. The van der Waals surface area contributed by atoms with E-state index in [-0.39, 0.29) is 5.91 Å². The van der Waals surface area contributed by atoms with E-state index < -0.39 is 0 Å². The van der Waals surface area contributed by atoms with Gasteiger partial charge in [-0.25, -0.2) is 4.98 Å². The number of pyridine rings is 2. The van der Waals surface area contributed by atoms with Crippen LogP contribution in [0.1, 0.15) is 49.1 Å². The van der Waals surface area contributed by atoms with Gasteiger partial charge in [0, 0.05) is 74.1 Å². The maximum Gasteiger partial charge on any atom is 0.222 e. The smallest absolute Gasteiger partial charge is 0.222 e. The Bertz CT molecular complexity index is 984. The van der Waals surface area contributed by atoms with Crippen LogP contribution in [0.3, 0.4) is 0 Å². The summed E-state index contributed by atoms with van der Waals surface area (Å²) in [6.07, 6.45) is 7.34. The highest BCUT2D eigenvalue weighted by molar-refractivity contribution is 5.81. The molecule has 1 atom stereocenters. The molecule has 0 spiro atoms. The minimum atomic E-state index is 0.253. The number of likely N-dealkylation sites (tertiary alicyclic amines) is 1. The summed E-state index contributed by atoms with van der Waals surface area (Å²) in [5.41, 5.74) is 4.63. The molecule has 0 bridgehead atoms. The number of carbonyl (C=O) groups excluding carboxylic acids is 1. The first kappa shape index (κ1) is 20.5. The van der Waals surface area contributed by atoms with E-state index in [9.17, 15) is 4.79 Å². The second kappa shape index (κ2) is 9.39. The molecule has 0 aliphatic carbocycles. The number of H-pyrrole nitrogens is 1. The number of hydrogen-bond acceptors (Lipinski definition) is 4. The van der Waals surface area contributed by atoms with Gasteiger partial charge in [0.1, 0.15) is 5.65 Å². The van der Waals surface area contributed by atoms with Crippen LogP contribution in [0.4, 0.5) is 0 Å². The van der Waals surface area contributed by atoms with Crippen LogP contribution >= 0.6 is 0 Å². The number of nitrogens with zero attached hydrogens (tertiary/aromatic N) is 4. The fraction of sp³-hybridized carbons (Fsp3) is 0.458. The van der Waals surface area contributed by atoms with Crippen LogP contribution in [0.5, 0.6) is 0 Å². The summed E-state index contributed by atoms with van der Waals surface area (Å²) in [6, 6.07) is 10.2. The van der Waals surface area contributed by atoms with Crippen molar-refractivity contribution < 1.29 is 4.79 Å². The van der Waals surface area contributed by atoms with Crippen molar-refractivity contribution in [2.24, 2.45) is 0 Å². The van der Waals surface area contributed by atoms with Gasteiger partial charge in [-0.1, -0.05) is 13.0 Å². The molecule has 0 saturated carbocycles. The molecule has 6 nitrogen and oxygen atoms in total. The molecule has 4 heterocycles. The van der Waals surface area contributed by atoms with Gasteiger partial charge in [-0.15, -0.1) is 0 Å². The molecular weight excluding hydrogens is 374 g/mol. The van der Waals surface area contributed by atoms with Gasteiger partial charge in [-0.3, -0.25) is 9.78 Å². The molecule has 1 aliphatic heterocycles. The van der Waals surface area contributed by atoms with Crippen molar-refractivity contribution in [2.75, 3.05) is 26.7 Å². The van der Waals surface area contributed by atoms with Crippen molar-refractivity contribution in [1.29, 1.82) is 0 Å². The summed E-state index contributed by atoms with van der Waals surface area (Å²) >= 11 is 0. The molecule has 3 aromatic rings. The molecule has 1 amide bonds. The predicted molar refractivity (Wildman–Crippen MR) is 119 cm³/mol. The minimum absolute atomic E-state index is 0.253. The zero-order chi connectivity index (χ0) is 20.9. The summed E-state index contributed by atoms with van der Waals surface area (Å²) in [4.78, 5) is 29.3. The number of amides is 1. The largest absolute Gasteiger partial charge is 0.343 e. The van der Waals surface area contributed by atoms with E-state index >= 15 is 0 Å². The maximum absolute atomic E-state index is 12.3. The average Bonchev–Trinajstić information content (AvgIpc) is 3.16. The van der Waals surface area contributed by atoms with E-state index in [0.717, 1.165) is 56.8 Å². The van der Waals surface area contributed by atoms with Crippen molar-refractivity contribution >= 4 is 16.9 Å². The summed E-state index contributed by atoms with van der Waals surface area (Å²) in [5, 5.41) is 1.19. The van der Waals surface area contributed by atoms with Crippen molar-refractivity contribution in [1.82, 2.24) is 24.8 Å². The van der Waals surface area contributed by atoms with Gasteiger partial charge < -0.3 is 14.8 Å². The van der Waals surface area contributed by atoms with Crippen molar-refractivity contribution in [3.8, 4) is 0 Å². The zero-order valence-electron chi connectivity index (χ0n) is 18.0. The summed E-state index contributed by atoms with van der Waals surface area (Å²) in [6.45, 7) is 5.41. The Hall–Kier alpha value is -2.73. The molecule has 6 heteroatoms. The molecule has 1 fully saturated rings. The number of aromatic nitrogens is 3. The van der Waals surface area contributed by atoms with E-state index in [2.05, 4.69) is 39.0 Å². The van der Waals surface area contributed by atoms with Crippen LogP contribution in [0, 0.1) is 0 Å². The lowest BCUT2D eigenvalue weighted by atomic mass is 9.91. The Morgan fingerprint density at radius 3 is 2.90 bits per heavy atom. The number of rotatable bonds is 7. The van der Waals surface area contributed by atoms with Gasteiger partial charge >= 0.3 is 0 Å². The van der Waals surface area contributed by atoms with Crippen LogP contribution in [-0.4, -0.2) is 57.3 Å². The highest BCUT2D eigenvalue weighted by atomic mass is 16.2. The second-order valence-corrected chi connectivity index (χ2v) is 8.26. The van der Waals surface area contributed by atoms with E-state index in [1.165, 1.54) is 16.6 Å². The fourth-order valence-electron chi connectivity index (χ4n) is 4.48. The first-order valence-electron chi connectivity index (χ1n) is 11.0. The lowest BCUT2D eigenvalue weighted by Crippen LogP contribution is -2.39. The molecule has 1 aliphatic rings. The summed E-state index contributed by atoms with van der Waals surface area (Å²) in [7, 11) is 2.16. The standard InChI is InChI=1S/C24H31N5O/c1-3-22(30)29-14-7-8-18(16-29)23-21(20-10-6-13-26-24(20)27-23)17-28(2)15-11-19-9-4-5-12-25-19/h4-6,9-10,12-13,18H,3,7-8,11,14-17H2,1-2H3,(H,26,27). The van der Waals surface area contributed by atoms with Gasteiger partial charge in [-0.05, 0) is 49.7 Å². The summed E-state index contributed by atoms with van der Waals surface area (Å²) in [5.74, 6) is 0.589. The Labute approximate surface area is 178 Å². The molecule has 1 unspecified atom stereocenters. The molecule has 158 valence electrons. The predicted octanol–water partition coefficient (Wildman–Crippen LogP) is 3.75. The van der Waals surface area contributed by atoms with E-state index in [4.69, 9.17) is 0 Å². The molecular formula is C24H31N5O. The maximum atomic E-state index is 12.3. The Kier molecular flexibility index (Phi) is 6.43. The van der Waals surface area contributed by atoms with E-state index in [1.807, 2.05) is 42.4 Å². The number of aromatic amines is 1. The molecule has 1 saturated heterocycles. The number of fused-ring (bicyclic) bond motifs is 1. The van der Waals surface area contributed by atoms with Crippen LogP contribution in [0.25, 0.3) is 11.0 Å². The second-order valence-electron chi connectivity index (χ2n) is 8.26. The van der Waals surface area contributed by atoms with Gasteiger partial charge in [0.2, 0.25) is 5.91 Å². The minimum Gasteiger partial charge on any atom is -0.343 e. The number of likely N-dealkylation sites (N-methyl/N-ethyl adjacent to an activating group) is 1. The molecule has 30 heavy (non-hydrogen) atoms. The quantitative estimate of drug-likeness (QED) is 0.650. The Balaban J connectivity index is 1.55. The Morgan fingerprint density at radius 2 is 2.10 bits per heavy atom. The van der Waals surface area contributed by atoms with Crippen LogP contribution < -0.4 is 0 Å². The molecule has 1 N–H and O–H groups in total. The van der Waals surface area contributed by atoms with Crippen LogP contribution in [-0.2, 0) is 17.8 Å². The Morgan fingerprint density at radius 1 is 1.23 bits per heavy atom. The number of piperidine rings is 1. The van der Waals surface area contributed by atoms with Crippen LogP contribution in [0.15, 0.2) is 42.7 Å². The average molecular weight is 406 g/mol. The van der Waals surface area contributed by atoms with Gasteiger partial charge in [-0.2, -0.15) is 0 Å². The third-order valence-corrected chi connectivity index (χ3v) is 6.10. The van der Waals surface area contributed by atoms with E-state index in [0.29, 0.717) is 12.3 Å². The fourth-order valence-corrected chi connectivity index (χ4v) is 4.48. The third kappa shape index (κ3) is 4.54. The van der Waals surface area contributed by atoms with E-state index in [1.54, 1.807) is 0 Å². The highest BCUT2D eigenvalue weighted by Crippen LogP contribution is 2.33. The van der Waals surface area contributed by atoms with Crippen LogP contribution in [0.2, 0.25) is 0 Å². The van der Waals surface area contributed by atoms with Gasteiger partial charge in [0.25, 0.3) is 0 Å². The number of hydrogen-bond donors (Lipinski definition) is 1. The van der Waals surface area contributed by atoms with Crippen molar-refractivity contribution in [2.45, 2.75) is 45.1 Å². The monoisotopic (exact) mass is 405 g/mol. The van der Waals surface area contributed by atoms with Crippen molar-refractivity contribution in [3.05, 3.63) is 59.7 Å². The van der Waals surface area contributed by atoms with Gasteiger partial charge in [0.15, 0.2) is 0 Å². The molecule has 3 aromatic heterocycles. The molecule has 4 rings (SSSR count). The first-order chi connectivity index (χ1) is 14.7. The normalized spacial score (nSPS) is 17.0. The SMILES string of the molecule is CCC(=O)N1CCCC(c2[nH]c3ncccc3c2CN(C)CCc2ccccn2)C1. The number of carbonyl (C=O) groups is 1. The lowest BCUT2D eigenvalue weighted by Gasteiger charge is -2.33. The third-order valence-electron chi connectivity index (χ3n) is 6.10. The highest BCUT2D eigenvalue weighted by Gasteiger charge is 2.28. The number of nitrogens with one attached hydrogen (secondary N) is 1. The van der Waals surface area contributed by atoms with Gasteiger partial charge in [0.05, 0.1) is 0 Å².